The molecule has 0 fully saturated rings. The van der Waals surface area contributed by atoms with Crippen molar-refractivity contribution in [3.8, 4) is 0 Å². The fourth-order valence-electron chi connectivity index (χ4n) is 0.789. The van der Waals surface area contributed by atoms with Crippen LogP contribution in [0.15, 0.2) is 0 Å². The maximum Gasteiger partial charge on any atom is 0 e. The number of rotatable bonds is 6. The number of hydrogen-bond acceptors (Lipinski definition) is 2. The van der Waals surface area contributed by atoms with E-state index in [1.165, 1.54) is 38.5 Å². The van der Waals surface area contributed by atoms with Gasteiger partial charge in [0.15, 0.2) is 0 Å². The monoisotopic (exact) mass is 237 g/mol. The van der Waals surface area contributed by atoms with Crippen LogP contribution in [0.25, 0.3) is 0 Å². The molecule has 87 valence electrons. The smallest absolute Gasteiger partial charge is 0 e. The van der Waals surface area contributed by atoms with E-state index in [2.05, 4.69) is 13.8 Å². The third-order valence-corrected chi connectivity index (χ3v) is 1.62. The summed E-state index contributed by atoms with van der Waals surface area (Å²) in [5.74, 6) is 0. The van der Waals surface area contributed by atoms with E-state index >= 15 is 0 Å². The molecular formula is C10H26CuN2. The molecule has 0 unspecified atom stereocenters. The maximum absolute atomic E-state index is 5.21. The van der Waals surface area contributed by atoms with Gasteiger partial charge < -0.3 is 11.5 Å². The van der Waals surface area contributed by atoms with E-state index in [0.717, 1.165) is 13.1 Å². The van der Waals surface area contributed by atoms with Crippen LogP contribution in [0, 0.1) is 0 Å². The number of hydrogen-bond donors (Lipinski definition) is 2. The van der Waals surface area contributed by atoms with E-state index in [9.17, 15) is 0 Å². The Morgan fingerprint density at radius 1 is 0.692 bits per heavy atom. The third kappa shape index (κ3) is 32.7. The summed E-state index contributed by atoms with van der Waals surface area (Å²) in [6, 6.07) is 0. The Labute approximate surface area is 94.3 Å². The van der Waals surface area contributed by atoms with E-state index in [1.54, 1.807) is 0 Å². The average Bonchev–Trinajstić information content (AvgIpc) is 2.12. The van der Waals surface area contributed by atoms with E-state index < -0.39 is 0 Å². The average molecular weight is 238 g/mol. The van der Waals surface area contributed by atoms with Gasteiger partial charge in [0.2, 0.25) is 0 Å². The van der Waals surface area contributed by atoms with Crippen LogP contribution in [0.1, 0.15) is 52.4 Å². The predicted octanol–water partition coefficient (Wildman–Crippen LogP) is 2.27. The summed E-state index contributed by atoms with van der Waals surface area (Å²) in [4.78, 5) is 0. The van der Waals surface area contributed by atoms with Gasteiger partial charge in [0.05, 0.1) is 0 Å². The van der Waals surface area contributed by atoms with Crippen LogP contribution < -0.4 is 11.5 Å². The van der Waals surface area contributed by atoms with E-state index in [1.807, 2.05) is 0 Å². The first-order chi connectivity index (χ1) is 5.83. The molecule has 0 atom stereocenters. The largest absolute Gasteiger partial charge is 0.330 e. The summed E-state index contributed by atoms with van der Waals surface area (Å²) >= 11 is 0. The van der Waals surface area contributed by atoms with Crippen molar-refractivity contribution in [1.82, 2.24) is 0 Å². The summed E-state index contributed by atoms with van der Waals surface area (Å²) in [6.07, 6.45) is 7.51. The first-order valence-electron chi connectivity index (χ1n) is 5.23. The minimum atomic E-state index is 0. The maximum atomic E-state index is 5.21. The molecule has 1 radical (unpaired) electrons. The minimum Gasteiger partial charge on any atom is -0.330 e. The molecule has 0 aromatic heterocycles. The van der Waals surface area contributed by atoms with Gasteiger partial charge in [-0.2, -0.15) is 0 Å². The Morgan fingerprint density at radius 3 is 1.08 bits per heavy atom. The molecule has 4 N–H and O–H groups in total. The molecule has 0 aliphatic rings. The van der Waals surface area contributed by atoms with Crippen LogP contribution in [0.4, 0.5) is 0 Å². The first kappa shape index (κ1) is 19.1. The van der Waals surface area contributed by atoms with Gasteiger partial charge in [-0.1, -0.05) is 39.5 Å². The summed E-state index contributed by atoms with van der Waals surface area (Å²) in [6.45, 7) is 6.06. The van der Waals surface area contributed by atoms with Crippen LogP contribution in [0.2, 0.25) is 0 Å². The van der Waals surface area contributed by atoms with Crippen molar-refractivity contribution in [3.05, 3.63) is 0 Å². The molecule has 13 heavy (non-hydrogen) atoms. The Balaban J connectivity index is -0.000000143. The van der Waals surface area contributed by atoms with Crippen LogP contribution in [0.3, 0.4) is 0 Å². The summed E-state index contributed by atoms with van der Waals surface area (Å²) in [7, 11) is 0. The van der Waals surface area contributed by atoms with Gasteiger partial charge in [0, 0.05) is 17.1 Å². The molecule has 0 amide bonds. The molecule has 2 nitrogen and oxygen atoms in total. The number of unbranched alkanes of at least 4 members (excludes halogenated alkanes) is 4. The van der Waals surface area contributed by atoms with Crippen LogP contribution in [-0.4, -0.2) is 13.1 Å². The first-order valence-corrected chi connectivity index (χ1v) is 5.23. The standard InChI is InChI=1S/2C5H13N.Cu/c2*1-2-3-4-5-6;/h2*2-6H2,1H3;. The summed E-state index contributed by atoms with van der Waals surface area (Å²) in [5, 5.41) is 0. The molecule has 0 aromatic carbocycles. The summed E-state index contributed by atoms with van der Waals surface area (Å²) < 4.78 is 0. The molecule has 0 aliphatic carbocycles. The van der Waals surface area contributed by atoms with Crippen molar-refractivity contribution in [2.45, 2.75) is 52.4 Å². The van der Waals surface area contributed by atoms with Gasteiger partial charge in [-0.25, -0.2) is 0 Å². The van der Waals surface area contributed by atoms with Crippen molar-refractivity contribution in [1.29, 1.82) is 0 Å². The van der Waals surface area contributed by atoms with Crippen molar-refractivity contribution < 1.29 is 17.1 Å². The predicted molar refractivity (Wildman–Crippen MR) is 57.2 cm³/mol. The van der Waals surface area contributed by atoms with Crippen molar-refractivity contribution in [3.63, 3.8) is 0 Å². The normalized spacial score (nSPS) is 8.31. The van der Waals surface area contributed by atoms with Gasteiger partial charge in [-0.05, 0) is 25.9 Å². The van der Waals surface area contributed by atoms with Crippen molar-refractivity contribution in [2.24, 2.45) is 11.5 Å². The molecule has 0 saturated heterocycles. The van der Waals surface area contributed by atoms with Gasteiger partial charge in [0.1, 0.15) is 0 Å². The second-order valence-electron chi connectivity index (χ2n) is 2.99. The Kier molecular flexibility index (Phi) is 33.5. The minimum absolute atomic E-state index is 0. The van der Waals surface area contributed by atoms with Crippen LogP contribution in [0.5, 0.6) is 0 Å². The zero-order chi connectivity index (χ0) is 9.66. The Hall–Kier alpha value is 0.439. The molecule has 0 bridgehead atoms. The zero-order valence-electron chi connectivity index (χ0n) is 9.11. The fourth-order valence-corrected chi connectivity index (χ4v) is 0.789. The molecule has 0 spiro atoms. The second kappa shape index (κ2) is 22.9. The molecule has 0 heterocycles. The second-order valence-corrected chi connectivity index (χ2v) is 2.99. The van der Waals surface area contributed by atoms with Crippen LogP contribution in [-0.2, 0) is 17.1 Å². The molecule has 0 saturated carbocycles. The van der Waals surface area contributed by atoms with Crippen molar-refractivity contribution >= 4 is 0 Å². The van der Waals surface area contributed by atoms with Gasteiger partial charge in [-0.15, -0.1) is 0 Å². The topological polar surface area (TPSA) is 52.0 Å². The summed E-state index contributed by atoms with van der Waals surface area (Å²) in [5.41, 5.74) is 10.4. The van der Waals surface area contributed by atoms with E-state index in [-0.39, 0.29) is 17.1 Å². The number of nitrogens with two attached hydrogens (primary N) is 2. The van der Waals surface area contributed by atoms with E-state index in [4.69, 9.17) is 11.5 Å². The molecule has 0 rings (SSSR count). The third-order valence-electron chi connectivity index (χ3n) is 1.62. The van der Waals surface area contributed by atoms with Gasteiger partial charge in [-0.3, -0.25) is 0 Å². The van der Waals surface area contributed by atoms with Gasteiger partial charge >= 0.3 is 0 Å². The van der Waals surface area contributed by atoms with Crippen LogP contribution >= 0.6 is 0 Å². The Bertz CT molecular complexity index is 44.9. The molecule has 0 aromatic rings. The quantitative estimate of drug-likeness (QED) is 0.550. The Morgan fingerprint density at radius 2 is 1.00 bits per heavy atom. The van der Waals surface area contributed by atoms with Crippen molar-refractivity contribution in [2.75, 3.05) is 13.1 Å². The fraction of sp³-hybridized carbons (Fsp3) is 1.00. The molecule has 3 heteroatoms. The van der Waals surface area contributed by atoms with Gasteiger partial charge in [0.25, 0.3) is 0 Å². The SMILES string of the molecule is CCCCCN.CCCCCN.[Cu]. The van der Waals surface area contributed by atoms with E-state index in [0.29, 0.717) is 0 Å². The molecular weight excluding hydrogens is 212 g/mol. The zero-order valence-corrected chi connectivity index (χ0v) is 10.1. The molecule has 0 aliphatic heterocycles.